The number of carbonyl (C=O) groups is 1. The molecular formula is C14H18ClN3O3. The van der Waals surface area contributed by atoms with Crippen LogP contribution in [0.25, 0.3) is 11.1 Å². The third-order valence-electron chi connectivity index (χ3n) is 3.28. The topological polar surface area (TPSA) is 90.4 Å². The van der Waals surface area contributed by atoms with Crippen molar-refractivity contribution in [2.24, 2.45) is 5.73 Å². The molecule has 0 radical (unpaired) electrons. The number of rotatable bonds is 5. The lowest BCUT2D eigenvalue weighted by Gasteiger charge is -2.10. The molecule has 1 amide bonds. The quantitative estimate of drug-likeness (QED) is 0.882. The van der Waals surface area contributed by atoms with Crippen LogP contribution in [0.1, 0.15) is 24.7 Å². The smallest absolute Gasteiger partial charge is 0.243 e. The summed E-state index contributed by atoms with van der Waals surface area (Å²) >= 11 is 0. The Labute approximate surface area is 128 Å². The van der Waals surface area contributed by atoms with E-state index in [1.54, 1.807) is 12.1 Å². The third-order valence-corrected chi connectivity index (χ3v) is 3.28. The highest BCUT2D eigenvalue weighted by Gasteiger charge is 2.28. The average Bonchev–Trinajstić information content (AvgIpc) is 3.19. The molecule has 6 nitrogen and oxygen atoms in total. The van der Waals surface area contributed by atoms with Gasteiger partial charge in [0.1, 0.15) is 11.6 Å². The first kappa shape index (κ1) is 15.8. The molecule has 3 N–H and O–H groups in total. The van der Waals surface area contributed by atoms with Crippen LogP contribution in [0.2, 0.25) is 0 Å². The number of hydrogen-bond donors (Lipinski definition) is 2. The molecule has 1 fully saturated rings. The maximum Gasteiger partial charge on any atom is 0.243 e. The minimum absolute atomic E-state index is 0. The number of methoxy groups -OCH3 is 1. The van der Waals surface area contributed by atoms with Gasteiger partial charge in [-0.05, 0) is 25.0 Å². The van der Waals surface area contributed by atoms with Crippen molar-refractivity contribution in [2.75, 3.05) is 19.0 Å². The SMILES string of the molecule is COCC(N)C(=O)Nc1ccc2nc(C3CC3)oc2c1.Cl. The van der Waals surface area contributed by atoms with E-state index in [0.717, 1.165) is 24.2 Å². The molecule has 1 atom stereocenters. The summed E-state index contributed by atoms with van der Waals surface area (Å²) in [4.78, 5) is 16.2. The lowest BCUT2D eigenvalue weighted by molar-refractivity contribution is -0.118. The van der Waals surface area contributed by atoms with Gasteiger partial charge in [0.05, 0.1) is 6.61 Å². The lowest BCUT2D eigenvalue weighted by atomic mass is 10.2. The van der Waals surface area contributed by atoms with Crippen LogP contribution in [0.4, 0.5) is 5.69 Å². The predicted octanol–water partition coefficient (Wildman–Crippen LogP) is 2.04. The van der Waals surface area contributed by atoms with Crippen LogP contribution in [-0.2, 0) is 9.53 Å². The zero-order valence-corrected chi connectivity index (χ0v) is 12.5. The minimum Gasteiger partial charge on any atom is -0.440 e. The highest BCUT2D eigenvalue weighted by molar-refractivity contribution is 5.96. The molecule has 1 aliphatic carbocycles. The number of nitrogens with two attached hydrogens (primary N) is 1. The molecule has 0 saturated heterocycles. The van der Waals surface area contributed by atoms with Gasteiger partial charge in [0.2, 0.25) is 5.91 Å². The second kappa shape index (κ2) is 6.43. The number of carbonyl (C=O) groups excluding carboxylic acids is 1. The van der Waals surface area contributed by atoms with E-state index in [9.17, 15) is 4.79 Å². The van der Waals surface area contributed by atoms with E-state index in [-0.39, 0.29) is 24.9 Å². The summed E-state index contributed by atoms with van der Waals surface area (Å²) < 4.78 is 10.6. The normalized spacial score (nSPS) is 15.5. The number of benzene rings is 1. The predicted molar refractivity (Wildman–Crippen MR) is 81.7 cm³/mol. The van der Waals surface area contributed by atoms with Gasteiger partial charge < -0.3 is 20.2 Å². The standard InChI is InChI=1S/C14H17N3O3.ClH/c1-19-7-10(15)13(18)16-9-4-5-11-12(6-9)20-14(17-11)8-2-3-8;/h4-6,8,10H,2-3,7,15H2,1H3,(H,16,18);1H. The van der Waals surface area contributed by atoms with Gasteiger partial charge >= 0.3 is 0 Å². The fourth-order valence-corrected chi connectivity index (χ4v) is 2.02. The molecule has 1 aliphatic rings. The van der Waals surface area contributed by atoms with Crippen LogP contribution in [0.15, 0.2) is 22.6 Å². The molecule has 0 spiro atoms. The Bertz CT molecular complexity index is 639. The number of aromatic nitrogens is 1. The van der Waals surface area contributed by atoms with E-state index in [2.05, 4.69) is 10.3 Å². The van der Waals surface area contributed by atoms with Crippen molar-refractivity contribution in [3.8, 4) is 0 Å². The number of halogens is 1. The molecule has 3 rings (SSSR count). The van der Waals surface area contributed by atoms with Gasteiger partial charge in [0, 0.05) is 24.8 Å². The maximum absolute atomic E-state index is 11.8. The molecular weight excluding hydrogens is 294 g/mol. The first-order chi connectivity index (χ1) is 9.67. The summed E-state index contributed by atoms with van der Waals surface area (Å²) in [7, 11) is 1.51. The first-order valence-electron chi connectivity index (χ1n) is 6.63. The van der Waals surface area contributed by atoms with Crippen LogP contribution in [0.5, 0.6) is 0 Å². The molecule has 2 aromatic rings. The zero-order chi connectivity index (χ0) is 14.1. The second-order valence-corrected chi connectivity index (χ2v) is 5.06. The molecule has 7 heteroatoms. The zero-order valence-electron chi connectivity index (χ0n) is 11.7. The van der Waals surface area contributed by atoms with Gasteiger partial charge in [-0.25, -0.2) is 4.98 Å². The minimum atomic E-state index is -0.688. The Balaban J connectivity index is 0.00000161. The van der Waals surface area contributed by atoms with Gasteiger partial charge in [-0.2, -0.15) is 0 Å². The van der Waals surface area contributed by atoms with Crippen molar-refractivity contribution in [3.05, 3.63) is 24.1 Å². The largest absolute Gasteiger partial charge is 0.440 e. The number of hydrogen-bond acceptors (Lipinski definition) is 5. The number of nitrogens with zero attached hydrogens (tertiary/aromatic N) is 1. The Hall–Kier alpha value is -1.63. The van der Waals surface area contributed by atoms with E-state index < -0.39 is 6.04 Å². The maximum atomic E-state index is 11.8. The number of anilines is 1. The van der Waals surface area contributed by atoms with Gasteiger partial charge in [-0.3, -0.25) is 4.79 Å². The van der Waals surface area contributed by atoms with Crippen molar-refractivity contribution in [3.63, 3.8) is 0 Å². The van der Waals surface area contributed by atoms with Gasteiger partial charge in [0.25, 0.3) is 0 Å². The van der Waals surface area contributed by atoms with E-state index in [0.29, 0.717) is 17.2 Å². The summed E-state index contributed by atoms with van der Waals surface area (Å²) in [5, 5.41) is 2.74. The molecule has 1 aromatic carbocycles. The highest BCUT2D eigenvalue weighted by atomic mass is 35.5. The molecule has 114 valence electrons. The number of fused-ring (bicyclic) bond motifs is 1. The summed E-state index contributed by atoms with van der Waals surface area (Å²) in [6, 6.07) is 4.71. The number of nitrogens with one attached hydrogen (secondary N) is 1. The Morgan fingerprint density at radius 2 is 2.33 bits per heavy atom. The van der Waals surface area contributed by atoms with Crippen molar-refractivity contribution in [2.45, 2.75) is 24.8 Å². The molecule has 21 heavy (non-hydrogen) atoms. The second-order valence-electron chi connectivity index (χ2n) is 5.06. The first-order valence-corrected chi connectivity index (χ1v) is 6.63. The van der Waals surface area contributed by atoms with Crippen LogP contribution < -0.4 is 11.1 Å². The van der Waals surface area contributed by atoms with E-state index in [4.69, 9.17) is 14.9 Å². The fourth-order valence-electron chi connectivity index (χ4n) is 2.02. The monoisotopic (exact) mass is 311 g/mol. The average molecular weight is 312 g/mol. The number of ether oxygens (including phenoxy) is 1. The summed E-state index contributed by atoms with van der Waals surface area (Å²) in [6.45, 7) is 0.183. The van der Waals surface area contributed by atoms with Crippen molar-refractivity contribution in [1.82, 2.24) is 4.98 Å². The molecule has 1 unspecified atom stereocenters. The fraction of sp³-hybridized carbons (Fsp3) is 0.429. The van der Waals surface area contributed by atoms with Gasteiger partial charge in [-0.15, -0.1) is 12.4 Å². The summed E-state index contributed by atoms with van der Waals surface area (Å²) in [5.74, 6) is 0.975. The van der Waals surface area contributed by atoms with Crippen LogP contribution in [0, 0.1) is 0 Å². The van der Waals surface area contributed by atoms with E-state index >= 15 is 0 Å². The summed E-state index contributed by atoms with van der Waals surface area (Å²) in [5.41, 5.74) is 7.81. The Kier molecular flexibility index (Phi) is 4.82. The lowest BCUT2D eigenvalue weighted by Crippen LogP contribution is -2.39. The Morgan fingerprint density at radius 1 is 1.57 bits per heavy atom. The highest BCUT2D eigenvalue weighted by Crippen LogP contribution is 2.40. The van der Waals surface area contributed by atoms with Crippen LogP contribution >= 0.6 is 12.4 Å². The van der Waals surface area contributed by atoms with Crippen LogP contribution in [-0.4, -0.2) is 30.6 Å². The molecule has 1 saturated carbocycles. The van der Waals surface area contributed by atoms with Crippen molar-refractivity contribution in [1.29, 1.82) is 0 Å². The summed E-state index contributed by atoms with van der Waals surface area (Å²) in [6.07, 6.45) is 2.28. The van der Waals surface area contributed by atoms with Crippen molar-refractivity contribution < 1.29 is 13.9 Å². The van der Waals surface area contributed by atoms with E-state index in [1.165, 1.54) is 7.11 Å². The molecule has 1 heterocycles. The van der Waals surface area contributed by atoms with Crippen LogP contribution in [0.3, 0.4) is 0 Å². The van der Waals surface area contributed by atoms with Gasteiger partial charge in [-0.1, -0.05) is 0 Å². The third kappa shape index (κ3) is 3.53. The molecule has 1 aromatic heterocycles. The molecule has 0 aliphatic heterocycles. The van der Waals surface area contributed by atoms with Crippen molar-refractivity contribution >= 4 is 35.1 Å². The van der Waals surface area contributed by atoms with E-state index in [1.807, 2.05) is 6.07 Å². The number of oxazole rings is 1. The number of amides is 1. The van der Waals surface area contributed by atoms with Gasteiger partial charge in [0.15, 0.2) is 11.5 Å². The molecule has 0 bridgehead atoms. The Morgan fingerprint density at radius 3 is 3.00 bits per heavy atom.